The number of carbonyl (C=O) groups is 3. The Hall–Kier alpha value is -2.93. The summed E-state index contributed by atoms with van der Waals surface area (Å²) in [6.45, 7) is 3.70. The smallest absolute Gasteiger partial charge is 0.335 e. The van der Waals surface area contributed by atoms with Gasteiger partial charge in [0, 0.05) is 10.0 Å². The number of carbonyl (C=O) groups excluding carboxylic acids is 3. The normalized spacial score (nSPS) is 16.2. The Kier molecular flexibility index (Phi) is 4.65. The maximum absolute atomic E-state index is 12.9. The van der Waals surface area contributed by atoms with E-state index in [-0.39, 0.29) is 16.9 Å². The van der Waals surface area contributed by atoms with Crippen molar-refractivity contribution in [3.8, 4) is 5.75 Å². The van der Waals surface area contributed by atoms with Gasteiger partial charge in [-0.05, 0) is 61.4 Å². The predicted octanol–water partition coefficient (Wildman–Crippen LogP) is 3.44. The summed E-state index contributed by atoms with van der Waals surface area (Å²) in [4.78, 5) is 38.2. The van der Waals surface area contributed by atoms with Crippen LogP contribution >= 0.6 is 15.9 Å². The van der Waals surface area contributed by atoms with Crippen LogP contribution in [-0.2, 0) is 9.59 Å². The van der Waals surface area contributed by atoms with Crippen molar-refractivity contribution >= 4 is 45.5 Å². The molecule has 1 aliphatic heterocycles. The number of anilines is 1. The molecule has 0 aliphatic carbocycles. The van der Waals surface area contributed by atoms with Crippen LogP contribution < -0.4 is 10.2 Å². The van der Waals surface area contributed by atoms with Gasteiger partial charge < -0.3 is 5.11 Å². The second-order valence-electron chi connectivity index (χ2n) is 6.01. The first-order chi connectivity index (χ1) is 12.3. The zero-order valence-corrected chi connectivity index (χ0v) is 15.6. The largest absolute Gasteiger partial charge is 0.507 e. The SMILES string of the molecule is Cc1cc(C)cc(N2C(=O)NC(=O)/C(=C\c3cc(Br)ccc3O)C2=O)c1. The summed E-state index contributed by atoms with van der Waals surface area (Å²) in [6.07, 6.45) is 1.26. The fourth-order valence-corrected chi connectivity index (χ4v) is 3.15. The van der Waals surface area contributed by atoms with Crippen molar-refractivity contribution in [1.29, 1.82) is 0 Å². The van der Waals surface area contributed by atoms with Crippen molar-refractivity contribution in [2.45, 2.75) is 13.8 Å². The van der Waals surface area contributed by atoms with Gasteiger partial charge >= 0.3 is 6.03 Å². The van der Waals surface area contributed by atoms with E-state index < -0.39 is 17.8 Å². The number of benzene rings is 2. The van der Waals surface area contributed by atoms with E-state index >= 15 is 0 Å². The van der Waals surface area contributed by atoms with E-state index in [9.17, 15) is 19.5 Å². The standard InChI is InChI=1S/C19H15BrN2O4/c1-10-5-11(2)7-14(6-10)22-18(25)15(17(24)21-19(22)26)9-12-8-13(20)3-4-16(12)23/h3-9,23H,1-2H3,(H,21,24,26)/b15-9+. The topological polar surface area (TPSA) is 86.7 Å². The van der Waals surface area contributed by atoms with Gasteiger partial charge in [0.2, 0.25) is 0 Å². The zero-order chi connectivity index (χ0) is 19.0. The van der Waals surface area contributed by atoms with Gasteiger partial charge in [-0.3, -0.25) is 14.9 Å². The molecule has 1 aliphatic rings. The second-order valence-corrected chi connectivity index (χ2v) is 6.92. The van der Waals surface area contributed by atoms with E-state index in [0.717, 1.165) is 16.0 Å². The highest BCUT2D eigenvalue weighted by atomic mass is 79.9. The Bertz CT molecular complexity index is 961. The maximum atomic E-state index is 12.9. The van der Waals surface area contributed by atoms with Crippen LogP contribution in [0.1, 0.15) is 16.7 Å². The zero-order valence-electron chi connectivity index (χ0n) is 14.0. The number of amides is 4. The number of aryl methyl sites for hydroxylation is 2. The summed E-state index contributed by atoms with van der Waals surface area (Å²) in [5, 5.41) is 12.1. The number of phenols is 1. The lowest BCUT2D eigenvalue weighted by Gasteiger charge is -2.27. The molecule has 26 heavy (non-hydrogen) atoms. The van der Waals surface area contributed by atoms with Crippen molar-refractivity contribution in [2.75, 3.05) is 4.90 Å². The minimum Gasteiger partial charge on any atom is -0.507 e. The summed E-state index contributed by atoms with van der Waals surface area (Å²) in [5.74, 6) is -1.64. The van der Waals surface area contributed by atoms with Crippen LogP contribution in [-0.4, -0.2) is 23.0 Å². The Morgan fingerprint density at radius 1 is 1.04 bits per heavy atom. The van der Waals surface area contributed by atoms with E-state index in [1.165, 1.54) is 12.1 Å². The van der Waals surface area contributed by atoms with Gasteiger partial charge in [0.05, 0.1) is 5.69 Å². The number of nitrogens with zero attached hydrogens (tertiary/aromatic N) is 1. The van der Waals surface area contributed by atoms with Gasteiger partial charge in [0.1, 0.15) is 11.3 Å². The molecule has 0 spiro atoms. The molecule has 2 aromatic rings. The van der Waals surface area contributed by atoms with Crippen LogP contribution in [0.3, 0.4) is 0 Å². The molecule has 2 aromatic carbocycles. The predicted molar refractivity (Wildman–Crippen MR) is 101 cm³/mol. The van der Waals surface area contributed by atoms with Crippen LogP contribution in [0, 0.1) is 13.8 Å². The summed E-state index contributed by atoms with van der Waals surface area (Å²) in [7, 11) is 0. The molecule has 1 heterocycles. The molecule has 3 rings (SSSR count). The molecule has 0 atom stereocenters. The molecular formula is C19H15BrN2O4. The third-order valence-electron chi connectivity index (χ3n) is 3.86. The number of aromatic hydroxyl groups is 1. The molecule has 0 bridgehead atoms. The highest BCUT2D eigenvalue weighted by Crippen LogP contribution is 2.27. The molecule has 1 saturated heterocycles. The third-order valence-corrected chi connectivity index (χ3v) is 4.35. The molecule has 0 saturated carbocycles. The molecular weight excluding hydrogens is 400 g/mol. The number of halogens is 1. The summed E-state index contributed by atoms with van der Waals surface area (Å²) in [6, 6.07) is 9.13. The number of phenolic OH excluding ortho intramolecular Hbond substituents is 1. The lowest BCUT2D eigenvalue weighted by molar-refractivity contribution is -0.122. The molecule has 6 nitrogen and oxygen atoms in total. The van der Waals surface area contributed by atoms with Gasteiger partial charge in [-0.2, -0.15) is 0 Å². The number of rotatable bonds is 2. The summed E-state index contributed by atoms with van der Waals surface area (Å²) in [5.41, 5.74) is 2.19. The number of hydrogen-bond acceptors (Lipinski definition) is 4. The average Bonchev–Trinajstić information content (AvgIpc) is 2.53. The van der Waals surface area contributed by atoms with Crippen molar-refractivity contribution in [3.63, 3.8) is 0 Å². The summed E-state index contributed by atoms with van der Waals surface area (Å²) < 4.78 is 0.674. The van der Waals surface area contributed by atoms with Crippen LogP contribution in [0.2, 0.25) is 0 Å². The lowest BCUT2D eigenvalue weighted by Crippen LogP contribution is -2.54. The Labute approximate surface area is 158 Å². The first-order valence-electron chi connectivity index (χ1n) is 7.74. The van der Waals surface area contributed by atoms with Crippen molar-refractivity contribution in [1.82, 2.24) is 5.32 Å². The molecule has 132 valence electrons. The molecule has 2 N–H and O–H groups in total. The molecule has 1 fully saturated rings. The van der Waals surface area contributed by atoms with Gasteiger partial charge in [0.15, 0.2) is 0 Å². The van der Waals surface area contributed by atoms with Crippen LogP contribution in [0.25, 0.3) is 6.08 Å². The molecule has 0 radical (unpaired) electrons. The highest BCUT2D eigenvalue weighted by molar-refractivity contribution is 9.10. The number of nitrogens with one attached hydrogen (secondary N) is 1. The Morgan fingerprint density at radius 3 is 2.35 bits per heavy atom. The first-order valence-corrected chi connectivity index (χ1v) is 8.54. The number of barbiturate groups is 1. The lowest BCUT2D eigenvalue weighted by atomic mass is 10.0. The van der Waals surface area contributed by atoms with Crippen LogP contribution in [0.4, 0.5) is 10.5 Å². The minimum atomic E-state index is -0.806. The fraction of sp³-hybridized carbons (Fsp3) is 0.105. The first kappa shape index (κ1) is 17.9. The molecule has 0 unspecified atom stereocenters. The van der Waals surface area contributed by atoms with E-state index in [0.29, 0.717) is 10.2 Å². The highest BCUT2D eigenvalue weighted by Gasteiger charge is 2.37. The van der Waals surface area contributed by atoms with E-state index in [2.05, 4.69) is 21.2 Å². The molecule has 7 heteroatoms. The quantitative estimate of drug-likeness (QED) is 0.581. The fourth-order valence-electron chi connectivity index (χ4n) is 2.77. The Morgan fingerprint density at radius 2 is 1.69 bits per heavy atom. The molecule has 4 amide bonds. The Balaban J connectivity index is 2.08. The van der Waals surface area contributed by atoms with E-state index in [4.69, 9.17) is 0 Å². The van der Waals surface area contributed by atoms with Crippen LogP contribution in [0.5, 0.6) is 5.75 Å². The van der Waals surface area contributed by atoms with Gasteiger partial charge in [-0.15, -0.1) is 0 Å². The van der Waals surface area contributed by atoms with Crippen molar-refractivity contribution in [3.05, 3.63) is 63.1 Å². The van der Waals surface area contributed by atoms with Crippen molar-refractivity contribution in [2.24, 2.45) is 0 Å². The van der Waals surface area contributed by atoms with Crippen LogP contribution in [0.15, 0.2) is 46.4 Å². The average molecular weight is 415 g/mol. The number of hydrogen-bond donors (Lipinski definition) is 2. The maximum Gasteiger partial charge on any atom is 0.335 e. The third kappa shape index (κ3) is 3.39. The number of urea groups is 1. The van der Waals surface area contributed by atoms with Gasteiger partial charge in [0.25, 0.3) is 11.8 Å². The van der Waals surface area contributed by atoms with Gasteiger partial charge in [-0.25, -0.2) is 9.69 Å². The number of imide groups is 2. The summed E-state index contributed by atoms with van der Waals surface area (Å²) >= 11 is 3.28. The second kappa shape index (κ2) is 6.76. The van der Waals surface area contributed by atoms with E-state index in [1.807, 2.05) is 19.9 Å². The monoisotopic (exact) mass is 414 g/mol. The van der Waals surface area contributed by atoms with Gasteiger partial charge in [-0.1, -0.05) is 22.0 Å². The van der Waals surface area contributed by atoms with E-state index in [1.54, 1.807) is 24.3 Å². The minimum absolute atomic E-state index is 0.0869. The van der Waals surface area contributed by atoms with Crippen molar-refractivity contribution < 1.29 is 19.5 Å². The molecule has 0 aromatic heterocycles.